The highest BCUT2D eigenvalue weighted by Crippen LogP contribution is 2.16. The Hall–Kier alpha value is -1.75. The van der Waals surface area contributed by atoms with Crippen LogP contribution >= 0.6 is 0 Å². The van der Waals surface area contributed by atoms with Crippen molar-refractivity contribution in [1.82, 2.24) is 9.80 Å². The molecule has 0 aliphatic carbocycles. The first-order valence-electron chi connectivity index (χ1n) is 6.95. The summed E-state index contributed by atoms with van der Waals surface area (Å²) in [6.07, 6.45) is 1.16. The van der Waals surface area contributed by atoms with E-state index in [9.17, 15) is 4.79 Å². The molecule has 2 rings (SSSR count). The van der Waals surface area contributed by atoms with Crippen LogP contribution in [0.4, 0.5) is 5.69 Å². The van der Waals surface area contributed by atoms with Crippen molar-refractivity contribution >= 4 is 11.6 Å². The Morgan fingerprint density at radius 1 is 1.55 bits per heavy atom. The van der Waals surface area contributed by atoms with Crippen molar-refractivity contribution in [2.45, 2.75) is 6.42 Å². The van der Waals surface area contributed by atoms with Crippen molar-refractivity contribution < 1.29 is 9.53 Å². The molecule has 2 N–H and O–H groups in total. The maximum absolute atomic E-state index is 12.0. The van der Waals surface area contributed by atoms with Gasteiger partial charge in [0.2, 0.25) is 0 Å². The maximum Gasteiger partial charge on any atom is 0.260 e. The Balaban J connectivity index is 1.76. The summed E-state index contributed by atoms with van der Waals surface area (Å²) in [7, 11) is 3.95. The highest BCUT2D eigenvalue weighted by molar-refractivity contribution is 5.77. The van der Waals surface area contributed by atoms with Crippen LogP contribution in [0.3, 0.4) is 0 Å². The third kappa shape index (κ3) is 4.13. The maximum atomic E-state index is 12.0. The molecule has 1 atom stereocenters. The molecule has 1 heterocycles. The SMILES string of the molecule is CN1CCC(CN(C)C(=O)COc2cccc(N)c2)C1. The lowest BCUT2D eigenvalue weighted by atomic mass is 10.1. The van der Waals surface area contributed by atoms with Crippen LogP contribution in [0, 0.1) is 5.92 Å². The monoisotopic (exact) mass is 277 g/mol. The zero-order valence-corrected chi connectivity index (χ0v) is 12.2. The molecule has 1 aromatic rings. The largest absolute Gasteiger partial charge is 0.484 e. The number of nitrogens with two attached hydrogens (primary N) is 1. The number of ether oxygens (including phenoxy) is 1. The van der Waals surface area contributed by atoms with Gasteiger partial charge < -0.3 is 20.3 Å². The van der Waals surface area contributed by atoms with E-state index in [-0.39, 0.29) is 12.5 Å². The summed E-state index contributed by atoms with van der Waals surface area (Å²) in [5.74, 6) is 1.20. The van der Waals surface area contributed by atoms with Crippen molar-refractivity contribution in [3.8, 4) is 5.75 Å². The van der Waals surface area contributed by atoms with E-state index in [0.29, 0.717) is 17.4 Å². The van der Waals surface area contributed by atoms with E-state index in [4.69, 9.17) is 10.5 Å². The van der Waals surface area contributed by atoms with E-state index < -0.39 is 0 Å². The normalized spacial score (nSPS) is 19.0. The predicted octanol–water partition coefficient (Wildman–Crippen LogP) is 1.06. The number of rotatable bonds is 5. The molecular weight excluding hydrogens is 254 g/mol. The lowest BCUT2D eigenvalue weighted by Crippen LogP contribution is -2.36. The van der Waals surface area contributed by atoms with Gasteiger partial charge in [-0.15, -0.1) is 0 Å². The molecule has 1 fully saturated rings. The Bertz CT molecular complexity index is 464. The third-order valence-corrected chi connectivity index (χ3v) is 3.67. The average molecular weight is 277 g/mol. The van der Waals surface area contributed by atoms with E-state index in [0.717, 1.165) is 26.1 Å². The quantitative estimate of drug-likeness (QED) is 0.818. The second kappa shape index (κ2) is 6.61. The Morgan fingerprint density at radius 2 is 2.35 bits per heavy atom. The highest BCUT2D eigenvalue weighted by atomic mass is 16.5. The number of likely N-dealkylation sites (tertiary alicyclic amines) is 1. The van der Waals surface area contributed by atoms with Gasteiger partial charge in [-0.2, -0.15) is 0 Å². The summed E-state index contributed by atoms with van der Waals surface area (Å²) < 4.78 is 5.47. The van der Waals surface area contributed by atoms with Crippen LogP contribution in [-0.4, -0.2) is 56.0 Å². The number of carbonyl (C=O) groups excluding carboxylic acids is 1. The van der Waals surface area contributed by atoms with Crippen LogP contribution < -0.4 is 10.5 Å². The summed E-state index contributed by atoms with van der Waals surface area (Å²) in [5.41, 5.74) is 6.30. The van der Waals surface area contributed by atoms with Crippen molar-refractivity contribution in [1.29, 1.82) is 0 Å². The van der Waals surface area contributed by atoms with Gasteiger partial charge in [-0.3, -0.25) is 4.79 Å². The van der Waals surface area contributed by atoms with Gasteiger partial charge >= 0.3 is 0 Å². The Labute approximate surface area is 120 Å². The summed E-state index contributed by atoms with van der Waals surface area (Å²) in [4.78, 5) is 16.1. The molecule has 0 spiro atoms. The Kier molecular flexibility index (Phi) is 4.84. The number of hydrogen-bond acceptors (Lipinski definition) is 4. The van der Waals surface area contributed by atoms with E-state index in [1.54, 1.807) is 23.1 Å². The molecule has 1 saturated heterocycles. The summed E-state index contributed by atoms with van der Waals surface area (Å²) >= 11 is 0. The standard InChI is InChI=1S/C15H23N3O2/c1-17-7-6-12(9-17)10-18(2)15(19)11-20-14-5-3-4-13(16)8-14/h3-5,8,12H,6-7,9-11,16H2,1-2H3. The summed E-state index contributed by atoms with van der Waals surface area (Å²) in [6.45, 7) is 3.03. The van der Waals surface area contributed by atoms with Crippen LogP contribution in [0.25, 0.3) is 0 Å². The molecule has 1 aliphatic rings. The van der Waals surface area contributed by atoms with Crippen molar-refractivity contribution in [3.05, 3.63) is 24.3 Å². The van der Waals surface area contributed by atoms with Gasteiger partial charge in [-0.1, -0.05) is 6.07 Å². The van der Waals surface area contributed by atoms with Crippen molar-refractivity contribution in [2.75, 3.05) is 46.1 Å². The molecule has 1 amide bonds. The zero-order chi connectivity index (χ0) is 14.5. The fourth-order valence-corrected chi connectivity index (χ4v) is 2.52. The van der Waals surface area contributed by atoms with E-state index in [1.165, 1.54) is 0 Å². The zero-order valence-electron chi connectivity index (χ0n) is 12.2. The van der Waals surface area contributed by atoms with Crippen LogP contribution in [0.1, 0.15) is 6.42 Å². The number of amides is 1. The Morgan fingerprint density at radius 3 is 3.00 bits per heavy atom. The van der Waals surface area contributed by atoms with Crippen LogP contribution in [0.5, 0.6) is 5.75 Å². The molecule has 0 saturated carbocycles. The van der Waals surface area contributed by atoms with E-state index in [1.807, 2.05) is 13.1 Å². The first-order valence-corrected chi connectivity index (χ1v) is 6.95. The first kappa shape index (κ1) is 14.7. The third-order valence-electron chi connectivity index (χ3n) is 3.67. The number of likely N-dealkylation sites (N-methyl/N-ethyl adjacent to an activating group) is 1. The molecule has 1 aliphatic heterocycles. The van der Waals surface area contributed by atoms with Gasteiger partial charge in [0.05, 0.1) is 0 Å². The number of benzene rings is 1. The molecule has 110 valence electrons. The second-order valence-electron chi connectivity index (χ2n) is 5.55. The molecule has 1 aromatic carbocycles. The van der Waals surface area contributed by atoms with Crippen molar-refractivity contribution in [2.24, 2.45) is 5.92 Å². The molecule has 0 aromatic heterocycles. The molecule has 20 heavy (non-hydrogen) atoms. The number of nitrogen functional groups attached to an aromatic ring is 1. The number of anilines is 1. The van der Waals surface area contributed by atoms with Crippen LogP contribution in [0.2, 0.25) is 0 Å². The number of nitrogens with zero attached hydrogens (tertiary/aromatic N) is 2. The molecule has 5 heteroatoms. The fraction of sp³-hybridized carbons (Fsp3) is 0.533. The van der Waals surface area contributed by atoms with Crippen molar-refractivity contribution in [3.63, 3.8) is 0 Å². The predicted molar refractivity (Wildman–Crippen MR) is 79.6 cm³/mol. The number of hydrogen-bond donors (Lipinski definition) is 1. The van der Waals surface area contributed by atoms with Gasteiger partial charge in [0, 0.05) is 31.9 Å². The molecule has 0 radical (unpaired) electrons. The number of carbonyl (C=O) groups is 1. The fourth-order valence-electron chi connectivity index (χ4n) is 2.52. The van der Waals surface area contributed by atoms with Gasteiger partial charge in [0.25, 0.3) is 5.91 Å². The van der Waals surface area contributed by atoms with Gasteiger partial charge in [0.15, 0.2) is 6.61 Å². The van der Waals surface area contributed by atoms with E-state index in [2.05, 4.69) is 11.9 Å². The lowest BCUT2D eigenvalue weighted by molar-refractivity contribution is -0.132. The average Bonchev–Trinajstić information content (AvgIpc) is 2.81. The van der Waals surface area contributed by atoms with Gasteiger partial charge in [0.1, 0.15) is 5.75 Å². The van der Waals surface area contributed by atoms with Crippen LogP contribution in [0.15, 0.2) is 24.3 Å². The van der Waals surface area contributed by atoms with E-state index >= 15 is 0 Å². The molecule has 5 nitrogen and oxygen atoms in total. The minimum Gasteiger partial charge on any atom is -0.484 e. The first-order chi connectivity index (χ1) is 9.54. The second-order valence-corrected chi connectivity index (χ2v) is 5.55. The van der Waals surface area contributed by atoms with Gasteiger partial charge in [-0.05, 0) is 38.1 Å². The summed E-state index contributed by atoms with van der Waals surface area (Å²) in [5, 5.41) is 0. The molecule has 1 unspecified atom stereocenters. The topological polar surface area (TPSA) is 58.8 Å². The minimum atomic E-state index is 0.00183. The smallest absolute Gasteiger partial charge is 0.260 e. The highest BCUT2D eigenvalue weighted by Gasteiger charge is 2.22. The lowest BCUT2D eigenvalue weighted by Gasteiger charge is -2.21. The molecule has 0 bridgehead atoms. The summed E-state index contributed by atoms with van der Waals surface area (Å²) in [6, 6.07) is 7.12. The van der Waals surface area contributed by atoms with Crippen LogP contribution in [-0.2, 0) is 4.79 Å². The van der Waals surface area contributed by atoms with Gasteiger partial charge in [-0.25, -0.2) is 0 Å². The minimum absolute atomic E-state index is 0.00183. The molecular formula is C15H23N3O2.